The number of rotatable bonds is 3. The highest BCUT2D eigenvalue weighted by Gasteiger charge is 2.10. The van der Waals surface area contributed by atoms with E-state index >= 15 is 0 Å². The van der Waals surface area contributed by atoms with Gasteiger partial charge in [-0.25, -0.2) is 9.18 Å². The molecule has 5 heteroatoms. The van der Waals surface area contributed by atoms with E-state index in [1.807, 2.05) is 4.57 Å². The van der Waals surface area contributed by atoms with Crippen LogP contribution in [0.2, 0.25) is 0 Å². The first-order valence-corrected chi connectivity index (χ1v) is 5.69. The summed E-state index contributed by atoms with van der Waals surface area (Å²) in [5.74, 6) is -0.792. The first-order valence-electron chi connectivity index (χ1n) is 5.69. The van der Waals surface area contributed by atoms with Crippen molar-refractivity contribution in [3.63, 3.8) is 0 Å². The summed E-state index contributed by atoms with van der Waals surface area (Å²) in [4.78, 5) is 10.8. The van der Waals surface area contributed by atoms with Crippen molar-refractivity contribution in [2.24, 2.45) is 0 Å². The smallest absolute Gasteiger partial charge is 0.338 e. The number of hydrogen-bond donors (Lipinski definition) is 1. The fourth-order valence-electron chi connectivity index (χ4n) is 2.07. The van der Waals surface area contributed by atoms with Gasteiger partial charge in [-0.05, 0) is 24.3 Å². The maximum Gasteiger partial charge on any atom is 0.338 e. The Morgan fingerprint density at radius 1 is 1.37 bits per heavy atom. The van der Waals surface area contributed by atoms with E-state index < -0.39 is 5.97 Å². The lowest BCUT2D eigenvalue weighted by Gasteiger charge is -2.02. The molecule has 0 fully saturated rings. The monoisotopic (exact) mass is 259 g/mol. The molecule has 0 aliphatic carbocycles. The van der Waals surface area contributed by atoms with E-state index in [4.69, 9.17) is 9.52 Å². The molecule has 3 aromatic rings. The number of hydrogen-bond acceptors (Lipinski definition) is 2. The summed E-state index contributed by atoms with van der Waals surface area (Å²) >= 11 is 0. The number of aromatic carboxylic acids is 1. The summed E-state index contributed by atoms with van der Waals surface area (Å²) in [5.41, 5.74) is 0.853. The number of aromatic nitrogens is 1. The van der Waals surface area contributed by atoms with Crippen LogP contribution >= 0.6 is 0 Å². The predicted molar refractivity (Wildman–Crippen MR) is 66.7 cm³/mol. The van der Waals surface area contributed by atoms with Crippen LogP contribution in [-0.2, 0) is 6.54 Å². The van der Waals surface area contributed by atoms with Crippen molar-refractivity contribution in [3.05, 3.63) is 59.9 Å². The first kappa shape index (κ1) is 11.5. The highest BCUT2D eigenvalue weighted by molar-refractivity contribution is 5.87. The Balaban J connectivity index is 1.96. The van der Waals surface area contributed by atoms with Crippen molar-refractivity contribution < 1.29 is 18.7 Å². The average molecular weight is 259 g/mol. The fourth-order valence-corrected chi connectivity index (χ4v) is 2.07. The molecule has 1 aromatic carbocycles. The van der Waals surface area contributed by atoms with Gasteiger partial charge in [0.1, 0.15) is 17.8 Å². The van der Waals surface area contributed by atoms with Crippen LogP contribution in [0.1, 0.15) is 16.1 Å². The second-order valence-corrected chi connectivity index (χ2v) is 4.22. The third-order valence-electron chi connectivity index (χ3n) is 2.99. The van der Waals surface area contributed by atoms with E-state index in [-0.39, 0.29) is 11.4 Å². The molecule has 0 saturated carbocycles. The Morgan fingerprint density at radius 3 is 2.95 bits per heavy atom. The van der Waals surface area contributed by atoms with Crippen LogP contribution in [0.4, 0.5) is 4.39 Å². The lowest BCUT2D eigenvalue weighted by atomic mass is 10.2. The quantitative estimate of drug-likeness (QED) is 0.786. The molecule has 2 aromatic heterocycles. The molecule has 0 aliphatic heterocycles. The fraction of sp³-hybridized carbons (Fsp3) is 0.0714. The van der Waals surface area contributed by atoms with Crippen molar-refractivity contribution in [1.82, 2.24) is 4.57 Å². The van der Waals surface area contributed by atoms with E-state index in [0.29, 0.717) is 17.7 Å². The molecule has 0 amide bonds. The molecule has 0 radical (unpaired) electrons. The van der Waals surface area contributed by atoms with Gasteiger partial charge in [-0.2, -0.15) is 0 Å². The van der Waals surface area contributed by atoms with Crippen LogP contribution in [0.25, 0.3) is 10.9 Å². The minimum Gasteiger partial charge on any atom is -0.478 e. The number of nitrogens with zero attached hydrogens (tertiary/aromatic N) is 1. The molecule has 96 valence electrons. The van der Waals surface area contributed by atoms with Crippen LogP contribution in [0.5, 0.6) is 0 Å². The van der Waals surface area contributed by atoms with Gasteiger partial charge in [0.05, 0.1) is 17.6 Å². The van der Waals surface area contributed by atoms with Crippen LogP contribution in [0, 0.1) is 5.82 Å². The lowest BCUT2D eigenvalue weighted by Crippen LogP contribution is -1.97. The molecule has 2 heterocycles. The van der Waals surface area contributed by atoms with Crippen molar-refractivity contribution in [2.75, 3.05) is 0 Å². The van der Waals surface area contributed by atoms with E-state index in [0.717, 1.165) is 5.52 Å². The molecule has 19 heavy (non-hydrogen) atoms. The summed E-state index contributed by atoms with van der Waals surface area (Å²) in [7, 11) is 0. The third-order valence-corrected chi connectivity index (χ3v) is 2.99. The molecular weight excluding hydrogens is 249 g/mol. The molecule has 0 aliphatic rings. The number of carboxylic acid groups (broad SMARTS) is 1. The van der Waals surface area contributed by atoms with Crippen molar-refractivity contribution in [1.29, 1.82) is 0 Å². The van der Waals surface area contributed by atoms with Crippen LogP contribution < -0.4 is 0 Å². The predicted octanol–water partition coefficient (Wildman–Crippen LogP) is 3.12. The Kier molecular flexibility index (Phi) is 2.59. The van der Waals surface area contributed by atoms with Gasteiger partial charge in [-0.15, -0.1) is 0 Å². The van der Waals surface area contributed by atoms with Gasteiger partial charge < -0.3 is 14.1 Å². The SMILES string of the molecule is O=C(O)c1coc(Cn2ccc3c(F)cccc32)c1. The second kappa shape index (κ2) is 4.28. The number of fused-ring (bicyclic) bond motifs is 1. The summed E-state index contributed by atoms with van der Waals surface area (Å²) in [6, 6.07) is 8.00. The van der Waals surface area contributed by atoms with Gasteiger partial charge in [-0.1, -0.05) is 6.07 Å². The normalized spacial score (nSPS) is 11.0. The maximum absolute atomic E-state index is 13.5. The van der Waals surface area contributed by atoms with Gasteiger partial charge in [0.2, 0.25) is 0 Å². The Labute approximate surface area is 107 Å². The Morgan fingerprint density at radius 2 is 2.21 bits per heavy atom. The standard InChI is InChI=1S/C14H10FNO3/c15-12-2-1-3-13-11(12)4-5-16(13)7-10-6-9(8-19-10)14(17)18/h1-6,8H,7H2,(H,17,18). The molecule has 0 unspecified atom stereocenters. The first-order chi connectivity index (χ1) is 9.15. The van der Waals surface area contributed by atoms with Crippen LogP contribution in [-0.4, -0.2) is 15.6 Å². The summed E-state index contributed by atoms with van der Waals surface area (Å²) in [6.45, 7) is 0.361. The maximum atomic E-state index is 13.5. The van der Waals surface area contributed by atoms with Crippen LogP contribution in [0.15, 0.2) is 47.2 Å². The molecule has 1 N–H and O–H groups in total. The molecule has 4 nitrogen and oxygen atoms in total. The van der Waals surface area contributed by atoms with Gasteiger partial charge in [0, 0.05) is 11.6 Å². The third kappa shape index (κ3) is 1.99. The number of carbonyl (C=O) groups is 1. The number of halogens is 1. The van der Waals surface area contributed by atoms with E-state index in [1.54, 1.807) is 24.4 Å². The Bertz CT molecular complexity index is 757. The zero-order valence-corrected chi connectivity index (χ0v) is 9.84. The van der Waals surface area contributed by atoms with Crippen molar-refractivity contribution in [3.8, 4) is 0 Å². The zero-order valence-electron chi connectivity index (χ0n) is 9.84. The largest absolute Gasteiger partial charge is 0.478 e. The highest BCUT2D eigenvalue weighted by Crippen LogP contribution is 2.20. The number of benzene rings is 1. The van der Waals surface area contributed by atoms with Crippen molar-refractivity contribution >= 4 is 16.9 Å². The second-order valence-electron chi connectivity index (χ2n) is 4.22. The topological polar surface area (TPSA) is 55.4 Å². The van der Waals surface area contributed by atoms with Gasteiger partial charge >= 0.3 is 5.97 Å². The Hall–Kier alpha value is -2.56. The van der Waals surface area contributed by atoms with E-state index in [9.17, 15) is 9.18 Å². The minimum atomic E-state index is -1.03. The summed E-state index contributed by atoms with van der Waals surface area (Å²) in [5, 5.41) is 9.35. The molecule has 0 atom stereocenters. The van der Waals surface area contributed by atoms with E-state index in [1.165, 1.54) is 18.4 Å². The molecule has 0 bridgehead atoms. The minimum absolute atomic E-state index is 0.109. The van der Waals surface area contributed by atoms with Gasteiger partial charge in [0.15, 0.2) is 0 Å². The molecule has 0 saturated heterocycles. The molecule has 0 spiro atoms. The average Bonchev–Trinajstić information content (AvgIpc) is 2.98. The van der Waals surface area contributed by atoms with Gasteiger partial charge in [-0.3, -0.25) is 0 Å². The zero-order chi connectivity index (χ0) is 13.4. The lowest BCUT2D eigenvalue weighted by molar-refractivity contribution is 0.0696. The van der Waals surface area contributed by atoms with Crippen LogP contribution in [0.3, 0.4) is 0 Å². The molecular formula is C14H10FNO3. The van der Waals surface area contributed by atoms with Crippen molar-refractivity contribution in [2.45, 2.75) is 6.54 Å². The van der Waals surface area contributed by atoms with E-state index in [2.05, 4.69) is 0 Å². The highest BCUT2D eigenvalue weighted by atomic mass is 19.1. The number of carboxylic acids is 1. The summed E-state index contributed by atoms with van der Waals surface area (Å²) in [6.07, 6.45) is 2.95. The summed E-state index contributed by atoms with van der Waals surface area (Å²) < 4.78 is 20.5. The van der Waals surface area contributed by atoms with Gasteiger partial charge in [0.25, 0.3) is 0 Å². The molecule has 3 rings (SSSR count). The number of furan rings is 1.